The zero-order valence-corrected chi connectivity index (χ0v) is 12.0. The summed E-state index contributed by atoms with van der Waals surface area (Å²) in [6.07, 6.45) is 2.79. The second-order valence-electron chi connectivity index (χ2n) is 5.06. The van der Waals surface area contributed by atoms with Gasteiger partial charge >= 0.3 is 0 Å². The normalized spacial score (nSPS) is 24.8. The van der Waals surface area contributed by atoms with E-state index in [9.17, 15) is 0 Å². The van der Waals surface area contributed by atoms with Crippen LogP contribution in [0.1, 0.15) is 31.4 Å². The van der Waals surface area contributed by atoms with Gasteiger partial charge in [-0.2, -0.15) is 0 Å². The van der Waals surface area contributed by atoms with Gasteiger partial charge in [-0.25, -0.2) is 0 Å². The number of nitrogens with one attached hydrogen (secondary N) is 1. The zero-order valence-electron chi connectivity index (χ0n) is 10.4. The molecule has 96 valence electrons. The molecule has 2 unspecified atom stereocenters. The molecule has 3 rings (SSSR count). The Morgan fingerprint density at radius 3 is 3.00 bits per heavy atom. The van der Waals surface area contributed by atoms with Crippen LogP contribution >= 0.6 is 23.4 Å². The average molecular weight is 281 g/mol. The first-order valence-electron chi connectivity index (χ1n) is 6.45. The monoisotopic (exact) mass is 280 g/mol. The number of thioether (sulfide) groups is 1. The molecule has 4 heteroatoms. The third kappa shape index (κ3) is 2.83. The highest BCUT2D eigenvalue weighted by Crippen LogP contribution is 2.41. The molecule has 2 nitrogen and oxygen atoms in total. The van der Waals surface area contributed by atoms with E-state index in [2.05, 4.69) is 23.3 Å². The highest BCUT2D eigenvalue weighted by atomic mass is 35.5. The summed E-state index contributed by atoms with van der Waals surface area (Å²) in [5.41, 5.74) is 1.21. The second kappa shape index (κ2) is 5.14. The highest BCUT2D eigenvalue weighted by Gasteiger charge is 2.35. The molecule has 1 aromatic carbocycles. The quantitative estimate of drug-likeness (QED) is 0.909. The molecule has 2 aliphatic rings. The van der Waals surface area contributed by atoms with Gasteiger partial charge in [0.2, 0.25) is 0 Å². The van der Waals surface area contributed by atoms with Crippen LogP contribution in [0.5, 0.6) is 0 Å². The van der Waals surface area contributed by atoms with Gasteiger partial charge in [-0.1, -0.05) is 35.5 Å². The molecule has 1 aliphatic heterocycles. The molecule has 0 radical (unpaired) electrons. The highest BCUT2D eigenvalue weighted by molar-refractivity contribution is 8.14. The summed E-state index contributed by atoms with van der Waals surface area (Å²) in [4.78, 5) is 4.60. The van der Waals surface area contributed by atoms with Crippen LogP contribution in [0.15, 0.2) is 29.3 Å². The predicted octanol–water partition coefficient (Wildman–Crippen LogP) is 3.87. The minimum absolute atomic E-state index is 0.257. The van der Waals surface area contributed by atoms with Crippen LogP contribution in [-0.2, 0) is 0 Å². The van der Waals surface area contributed by atoms with Gasteiger partial charge in [0.1, 0.15) is 0 Å². The summed E-state index contributed by atoms with van der Waals surface area (Å²) in [6, 6.07) is 8.27. The number of aliphatic imine (C=N–C) groups is 1. The van der Waals surface area contributed by atoms with E-state index < -0.39 is 0 Å². The minimum Gasteiger partial charge on any atom is -0.358 e. The molecule has 0 aromatic heterocycles. The van der Waals surface area contributed by atoms with Gasteiger partial charge in [0.05, 0.1) is 12.6 Å². The predicted molar refractivity (Wildman–Crippen MR) is 79.4 cm³/mol. The lowest BCUT2D eigenvalue weighted by molar-refractivity contribution is 0.721. The van der Waals surface area contributed by atoms with Gasteiger partial charge in [-0.05, 0) is 43.4 Å². The molecule has 1 saturated carbocycles. The number of hydrogen-bond donors (Lipinski definition) is 1. The Balaban J connectivity index is 1.59. The molecular weight excluding hydrogens is 264 g/mol. The van der Waals surface area contributed by atoms with E-state index in [0.29, 0.717) is 0 Å². The van der Waals surface area contributed by atoms with Gasteiger partial charge in [0.25, 0.3) is 0 Å². The van der Waals surface area contributed by atoms with Gasteiger partial charge in [0, 0.05) is 10.3 Å². The maximum absolute atomic E-state index is 6.02. The third-order valence-electron chi connectivity index (χ3n) is 3.51. The van der Waals surface area contributed by atoms with E-state index in [1.165, 1.54) is 18.4 Å². The van der Waals surface area contributed by atoms with Crippen molar-refractivity contribution in [1.82, 2.24) is 5.32 Å². The molecule has 18 heavy (non-hydrogen) atoms. The van der Waals surface area contributed by atoms with Crippen molar-refractivity contribution in [2.24, 2.45) is 10.9 Å². The Morgan fingerprint density at radius 1 is 1.44 bits per heavy atom. The number of halogens is 1. The van der Waals surface area contributed by atoms with Gasteiger partial charge in [-0.15, -0.1) is 0 Å². The summed E-state index contributed by atoms with van der Waals surface area (Å²) in [5, 5.41) is 6.10. The first-order valence-corrected chi connectivity index (χ1v) is 7.71. The van der Waals surface area contributed by atoms with E-state index in [0.717, 1.165) is 27.9 Å². The summed E-state index contributed by atoms with van der Waals surface area (Å²) >= 11 is 7.93. The third-order valence-corrected chi connectivity index (χ3v) is 5.06. The number of benzene rings is 1. The van der Waals surface area contributed by atoms with Crippen molar-refractivity contribution in [2.75, 3.05) is 6.54 Å². The largest absolute Gasteiger partial charge is 0.358 e. The van der Waals surface area contributed by atoms with Crippen LogP contribution in [0.4, 0.5) is 0 Å². The fourth-order valence-electron chi connectivity index (χ4n) is 2.23. The number of nitrogens with zero attached hydrogens (tertiary/aromatic N) is 1. The minimum atomic E-state index is 0.257. The SMILES string of the molecule is CC(NC1=NCC(C2CC2)S1)c1cccc(Cl)c1. The van der Waals surface area contributed by atoms with Crippen molar-refractivity contribution in [3.8, 4) is 0 Å². The zero-order chi connectivity index (χ0) is 12.5. The van der Waals surface area contributed by atoms with Crippen LogP contribution in [0.3, 0.4) is 0 Å². The van der Waals surface area contributed by atoms with Crippen molar-refractivity contribution < 1.29 is 0 Å². The van der Waals surface area contributed by atoms with Crippen molar-refractivity contribution in [1.29, 1.82) is 0 Å². The van der Waals surface area contributed by atoms with Crippen LogP contribution in [0, 0.1) is 5.92 Å². The Labute approximate surface area is 117 Å². The Bertz CT molecular complexity index is 471. The second-order valence-corrected chi connectivity index (χ2v) is 6.72. The van der Waals surface area contributed by atoms with Crippen LogP contribution in [0.25, 0.3) is 0 Å². The Morgan fingerprint density at radius 2 is 2.28 bits per heavy atom. The summed E-state index contributed by atoms with van der Waals surface area (Å²) in [6.45, 7) is 3.14. The number of rotatable bonds is 3. The van der Waals surface area contributed by atoms with Crippen molar-refractivity contribution in [3.05, 3.63) is 34.9 Å². The maximum Gasteiger partial charge on any atom is 0.157 e. The molecule has 1 aromatic rings. The standard InChI is InChI=1S/C14H17ClN2S/c1-9(11-3-2-4-12(15)7-11)17-14-16-8-13(18-14)10-5-6-10/h2-4,7,9-10,13H,5-6,8H2,1H3,(H,16,17). The molecule has 1 aliphatic carbocycles. The van der Waals surface area contributed by atoms with E-state index >= 15 is 0 Å². The summed E-state index contributed by atoms with van der Waals surface area (Å²) in [5.74, 6) is 0.916. The Hall–Kier alpha value is -0.670. The lowest BCUT2D eigenvalue weighted by atomic mass is 10.1. The average Bonchev–Trinajstić information content (AvgIpc) is 3.11. The fourth-order valence-corrected chi connectivity index (χ4v) is 3.72. The van der Waals surface area contributed by atoms with Crippen LogP contribution in [0.2, 0.25) is 5.02 Å². The molecule has 1 N–H and O–H groups in total. The van der Waals surface area contributed by atoms with Gasteiger partial charge in [-0.3, -0.25) is 4.99 Å². The smallest absolute Gasteiger partial charge is 0.157 e. The van der Waals surface area contributed by atoms with Crippen LogP contribution in [-0.4, -0.2) is 17.0 Å². The van der Waals surface area contributed by atoms with Crippen molar-refractivity contribution in [3.63, 3.8) is 0 Å². The fraction of sp³-hybridized carbons (Fsp3) is 0.500. The van der Waals surface area contributed by atoms with E-state index in [1.807, 2.05) is 30.0 Å². The first kappa shape index (κ1) is 12.4. The Kier molecular flexibility index (Phi) is 3.53. The first-order chi connectivity index (χ1) is 8.72. The maximum atomic E-state index is 6.02. The number of hydrogen-bond acceptors (Lipinski definition) is 3. The van der Waals surface area contributed by atoms with Crippen LogP contribution < -0.4 is 5.32 Å². The molecule has 2 atom stereocenters. The topological polar surface area (TPSA) is 24.4 Å². The molecule has 0 bridgehead atoms. The van der Waals surface area contributed by atoms with E-state index in [4.69, 9.17) is 11.6 Å². The number of amidine groups is 1. The molecule has 0 saturated heterocycles. The van der Waals surface area contributed by atoms with Gasteiger partial charge in [0.15, 0.2) is 5.17 Å². The lowest BCUT2D eigenvalue weighted by Gasteiger charge is -2.15. The van der Waals surface area contributed by atoms with Crippen molar-refractivity contribution >= 4 is 28.5 Å². The molecule has 0 spiro atoms. The van der Waals surface area contributed by atoms with E-state index in [-0.39, 0.29) is 6.04 Å². The molecule has 0 amide bonds. The lowest BCUT2D eigenvalue weighted by Crippen LogP contribution is -2.23. The summed E-state index contributed by atoms with van der Waals surface area (Å²) < 4.78 is 0. The molecule has 1 heterocycles. The van der Waals surface area contributed by atoms with Gasteiger partial charge < -0.3 is 5.32 Å². The van der Waals surface area contributed by atoms with Crippen molar-refractivity contribution in [2.45, 2.75) is 31.1 Å². The summed E-state index contributed by atoms with van der Waals surface area (Å²) in [7, 11) is 0. The molecular formula is C14H17ClN2S. The molecule has 1 fully saturated rings. The van der Waals surface area contributed by atoms with E-state index in [1.54, 1.807) is 0 Å².